The van der Waals surface area contributed by atoms with E-state index in [-0.39, 0.29) is 57.9 Å². The third-order valence-corrected chi connectivity index (χ3v) is 0.986. The maximum atomic E-state index is 9.99. The van der Waals surface area contributed by atoms with Crippen LogP contribution in [0.25, 0.3) is 0 Å². The van der Waals surface area contributed by atoms with Gasteiger partial charge in [0.15, 0.2) is 0 Å². The number of aliphatic carboxylic acids is 2. The molecule has 0 aromatic heterocycles. The summed E-state index contributed by atoms with van der Waals surface area (Å²) in [5, 5.41) is 16.3. The second-order valence-electron chi connectivity index (χ2n) is 1.88. The smallest absolute Gasteiger partial charge is 0.320 e. The van der Waals surface area contributed by atoms with E-state index in [9.17, 15) is 9.59 Å². The molecule has 14 heavy (non-hydrogen) atoms. The molecule has 0 saturated carbocycles. The molecule has 0 aliphatic carbocycles. The van der Waals surface area contributed by atoms with Crippen molar-refractivity contribution in [3.63, 3.8) is 0 Å². The van der Waals surface area contributed by atoms with Gasteiger partial charge in [0.25, 0.3) is 0 Å². The normalized spacial score (nSPS) is 8.93. The summed E-state index contributed by atoms with van der Waals surface area (Å²) in [5.41, 5.74) is 5.00. The van der Waals surface area contributed by atoms with Crippen molar-refractivity contribution in [1.82, 2.24) is 0 Å². The third-order valence-electron chi connectivity index (χ3n) is 0.986. The summed E-state index contributed by atoms with van der Waals surface area (Å²) in [6.07, 6.45) is -0.224. The SMILES string of the molecule is N[C@@H](CCC(=O)O)C(=O)O.O.O.[Cu].[Cu]. The van der Waals surface area contributed by atoms with Crippen molar-refractivity contribution in [2.75, 3.05) is 0 Å². The standard InChI is InChI=1S/C5H9NO4.2Cu.2H2O/c6-3(5(9)10)1-2-4(7)8;;;;/h3H,1-2,6H2,(H,7,8)(H,9,10);;;2*1H2/t3-;;;;/m0..../s1. The van der Waals surface area contributed by atoms with Crippen molar-refractivity contribution in [2.45, 2.75) is 18.9 Å². The summed E-state index contributed by atoms with van der Waals surface area (Å²) in [4.78, 5) is 19.9. The fourth-order valence-corrected chi connectivity index (χ4v) is 0.402. The summed E-state index contributed by atoms with van der Waals surface area (Å²) < 4.78 is 0. The van der Waals surface area contributed by atoms with E-state index in [1.165, 1.54) is 0 Å². The molecule has 0 bridgehead atoms. The molecule has 0 rings (SSSR count). The molecule has 2 radical (unpaired) electrons. The van der Waals surface area contributed by atoms with Gasteiger partial charge in [-0.25, -0.2) is 0 Å². The average molecular weight is 310 g/mol. The maximum Gasteiger partial charge on any atom is 0.320 e. The van der Waals surface area contributed by atoms with Crippen molar-refractivity contribution in [2.24, 2.45) is 5.73 Å². The van der Waals surface area contributed by atoms with Crippen LogP contribution >= 0.6 is 0 Å². The van der Waals surface area contributed by atoms with Crippen molar-refractivity contribution in [3.8, 4) is 0 Å². The van der Waals surface area contributed by atoms with E-state index in [1.807, 2.05) is 0 Å². The summed E-state index contributed by atoms with van der Waals surface area (Å²) in [7, 11) is 0. The maximum absolute atomic E-state index is 9.99. The fraction of sp³-hybridized carbons (Fsp3) is 0.600. The van der Waals surface area contributed by atoms with Gasteiger partial charge >= 0.3 is 11.9 Å². The predicted molar refractivity (Wildman–Crippen MR) is 39.7 cm³/mol. The first kappa shape index (κ1) is 29.2. The largest absolute Gasteiger partial charge is 0.481 e. The average Bonchev–Trinajstić information content (AvgIpc) is 1.82. The molecule has 1 atom stereocenters. The van der Waals surface area contributed by atoms with Crippen molar-refractivity contribution in [1.29, 1.82) is 0 Å². The van der Waals surface area contributed by atoms with Gasteiger partial charge in [-0.2, -0.15) is 0 Å². The molecule has 0 aromatic carbocycles. The Bertz CT molecular complexity index is 155. The molecule has 7 nitrogen and oxygen atoms in total. The Labute approximate surface area is 102 Å². The molecule has 0 aromatic rings. The zero-order chi connectivity index (χ0) is 8.15. The predicted octanol–water partition coefficient (Wildman–Crippen LogP) is -2.39. The molecular formula is C5H13Cu2NO6. The molecule has 0 aliphatic rings. The Morgan fingerprint density at radius 3 is 1.71 bits per heavy atom. The van der Waals surface area contributed by atoms with Crippen LogP contribution in [0.4, 0.5) is 0 Å². The van der Waals surface area contributed by atoms with Crippen LogP contribution in [0, 0.1) is 0 Å². The van der Waals surface area contributed by atoms with Crippen LogP contribution in [0.1, 0.15) is 12.8 Å². The molecule has 0 aliphatic heterocycles. The quantitative estimate of drug-likeness (QED) is 0.492. The van der Waals surface area contributed by atoms with Gasteiger partial charge < -0.3 is 26.9 Å². The summed E-state index contributed by atoms with van der Waals surface area (Å²) in [5.74, 6) is -2.20. The van der Waals surface area contributed by atoms with E-state index in [0.717, 1.165) is 0 Å². The van der Waals surface area contributed by atoms with E-state index >= 15 is 0 Å². The van der Waals surface area contributed by atoms with E-state index in [0.29, 0.717) is 0 Å². The zero-order valence-electron chi connectivity index (χ0n) is 6.88. The molecule has 0 unspecified atom stereocenters. The first-order valence-electron chi connectivity index (χ1n) is 2.74. The molecule has 0 amide bonds. The Morgan fingerprint density at radius 2 is 1.50 bits per heavy atom. The van der Waals surface area contributed by atoms with Gasteiger partial charge in [-0.3, -0.25) is 9.59 Å². The minimum Gasteiger partial charge on any atom is -0.481 e. The molecule has 9 heteroatoms. The minimum absolute atomic E-state index is 0. The molecule has 96 valence electrons. The Balaban J connectivity index is -0.0000000675. The topological polar surface area (TPSA) is 164 Å². The Morgan fingerprint density at radius 1 is 1.14 bits per heavy atom. The van der Waals surface area contributed by atoms with E-state index in [2.05, 4.69) is 0 Å². The van der Waals surface area contributed by atoms with Gasteiger partial charge in [0.2, 0.25) is 0 Å². The summed E-state index contributed by atoms with van der Waals surface area (Å²) >= 11 is 0. The van der Waals surface area contributed by atoms with Crippen LogP contribution in [0.15, 0.2) is 0 Å². The van der Waals surface area contributed by atoms with Gasteiger partial charge in [0.05, 0.1) is 0 Å². The van der Waals surface area contributed by atoms with Gasteiger partial charge in [0, 0.05) is 40.6 Å². The first-order valence-corrected chi connectivity index (χ1v) is 2.74. The number of carboxylic acid groups (broad SMARTS) is 2. The van der Waals surface area contributed by atoms with E-state index in [4.69, 9.17) is 15.9 Å². The second-order valence-corrected chi connectivity index (χ2v) is 1.88. The third kappa shape index (κ3) is 17.8. The van der Waals surface area contributed by atoms with Crippen molar-refractivity contribution >= 4 is 11.9 Å². The second kappa shape index (κ2) is 15.3. The van der Waals surface area contributed by atoms with Gasteiger partial charge in [0.1, 0.15) is 6.04 Å². The summed E-state index contributed by atoms with van der Waals surface area (Å²) in [6, 6.07) is -1.06. The van der Waals surface area contributed by atoms with Crippen LogP contribution < -0.4 is 5.73 Å². The van der Waals surface area contributed by atoms with E-state index < -0.39 is 18.0 Å². The van der Waals surface area contributed by atoms with Crippen molar-refractivity contribution < 1.29 is 64.9 Å². The van der Waals surface area contributed by atoms with Gasteiger partial charge in [-0.1, -0.05) is 0 Å². The van der Waals surface area contributed by atoms with Crippen LogP contribution in [0.5, 0.6) is 0 Å². The Kier molecular flexibility index (Phi) is 32.0. The van der Waals surface area contributed by atoms with Crippen LogP contribution in [0.3, 0.4) is 0 Å². The number of carbonyl (C=O) groups is 2. The zero-order valence-corrected chi connectivity index (χ0v) is 8.77. The molecular weight excluding hydrogens is 297 g/mol. The number of rotatable bonds is 4. The van der Waals surface area contributed by atoms with Crippen LogP contribution in [-0.4, -0.2) is 39.1 Å². The molecule has 0 saturated heterocycles. The minimum atomic E-state index is -1.17. The molecule has 0 spiro atoms. The number of hydrogen-bond acceptors (Lipinski definition) is 3. The van der Waals surface area contributed by atoms with Crippen molar-refractivity contribution in [3.05, 3.63) is 0 Å². The Hall–Kier alpha value is -0.141. The van der Waals surface area contributed by atoms with E-state index in [1.54, 1.807) is 0 Å². The number of nitrogens with two attached hydrogens (primary N) is 1. The van der Waals surface area contributed by atoms with Crippen LogP contribution in [-0.2, 0) is 43.7 Å². The van der Waals surface area contributed by atoms with Gasteiger partial charge in [-0.15, -0.1) is 0 Å². The van der Waals surface area contributed by atoms with Crippen LogP contribution in [0.2, 0.25) is 0 Å². The van der Waals surface area contributed by atoms with Gasteiger partial charge in [-0.05, 0) is 6.42 Å². The molecule has 0 fully saturated rings. The fourth-order valence-electron chi connectivity index (χ4n) is 0.402. The summed E-state index contributed by atoms with van der Waals surface area (Å²) in [6.45, 7) is 0. The number of hydrogen-bond donors (Lipinski definition) is 3. The molecule has 0 heterocycles. The molecule has 8 N–H and O–H groups in total. The number of carboxylic acids is 2. The monoisotopic (exact) mass is 309 g/mol. The first-order chi connectivity index (χ1) is 4.54.